The average Bonchev–Trinajstić information content (AvgIpc) is 2.15. The Hall–Kier alpha value is -1.38. The Bertz CT molecular complexity index is 258. The minimum Gasteiger partial charge on any atom is -0.367 e. The molecular weight excluding hydrogens is 150 g/mol. The van der Waals surface area contributed by atoms with E-state index in [1.165, 1.54) is 0 Å². The molecular formula is C9H13N3. The zero-order valence-electron chi connectivity index (χ0n) is 7.25. The van der Waals surface area contributed by atoms with Gasteiger partial charge in [0.2, 0.25) is 0 Å². The molecule has 0 bridgehead atoms. The molecule has 0 saturated carbocycles. The zero-order valence-corrected chi connectivity index (χ0v) is 7.25. The van der Waals surface area contributed by atoms with Crippen molar-refractivity contribution in [3.8, 4) is 0 Å². The van der Waals surface area contributed by atoms with Gasteiger partial charge in [0, 0.05) is 18.3 Å². The lowest BCUT2D eigenvalue weighted by molar-refractivity contribution is 0.996. The van der Waals surface area contributed by atoms with Gasteiger partial charge in [0.05, 0.1) is 0 Å². The fraction of sp³-hybridized carbons (Fsp3) is 0.333. The van der Waals surface area contributed by atoms with E-state index < -0.39 is 0 Å². The van der Waals surface area contributed by atoms with Crippen LogP contribution in [0, 0.1) is 0 Å². The maximum atomic E-state index is 4.09. The van der Waals surface area contributed by atoms with Crippen LogP contribution in [0.4, 0.5) is 5.82 Å². The van der Waals surface area contributed by atoms with Crippen LogP contribution in [0.25, 0.3) is 0 Å². The van der Waals surface area contributed by atoms with Crippen LogP contribution in [0.5, 0.6) is 0 Å². The van der Waals surface area contributed by atoms with Gasteiger partial charge >= 0.3 is 0 Å². The van der Waals surface area contributed by atoms with E-state index in [0.29, 0.717) is 0 Å². The third kappa shape index (κ3) is 2.34. The maximum Gasteiger partial charge on any atom is 0.129 e. The lowest BCUT2D eigenvalue weighted by atomic mass is 10.3. The van der Waals surface area contributed by atoms with Gasteiger partial charge in [-0.2, -0.15) is 0 Å². The molecule has 3 heteroatoms. The summed E-state index contributed by atoms with van der Waals surface area (Å²) in [5.41, 5.74) is 1.05. The molecule has 1 rings (SSSR count). The Kier molecular flexibility index (Phi) is 3.26. The van der Waals surface area contributed by atoms with E-state index in [2.05, 4.69) is 28.8 Å². The Morgan fingerprint density at radius 3 is 3.08 bits per heavy atom. The summed E-state index contributed by atoms with van der Waals surface area (Å²) in [5, 5.41) is 3.10. The molecule has 0 radical (unpaired) electrons. The molecule has 0 aliphatic rings. The summed E-state index contributed by atoms with van der Waals surface area (Å²) < 4.78 is 0. The first-order chi connectivity index (χ1) is 5.86. The fourth-order valence-electron chi connectivity index (χ4n) is 0.864. The summed E-state index contributed by atoms with van der Waals surface area (Å²) >= 11 is 0. The van der Waals surface area contributed by atoms with Crippen molar-refractivity contribution in [3.05, 3.63) is 30.7 Å². The first-order valence-electron chi connectivity index (χ1n) is 4.02. The molecule has 64 valence electrons. The largest absolute Gasteiger partial charge is 0.367 e. The number of nitrogens with one attached hydrogen (secondary N) is 1. The quantitative estimate of drug-likeness (QED) is 0.686. The van der Waals surface area contributed by atoms with Crippen LogP contribution >= 0.6 is 0 Å². The standard InChI is InChI=1S/C9H13N3/c1-3-5-10-9-6-8(4-2)11-7-12-9/h3,6-7H,1,4-5H2,2H3,(H,10,11,12). The van der Waals surface area contributed by atoms with Crippen LogP contribution in [-0.2, 0) is 6.42 Å². The number of rotatable bonds is 4. The fourth-order valence-corrected chi connectivity index (χ4v) is 0.864. The van der Waals surface area contributed by atoms with Gasteiger partial charge in [-0.05, 0) is 6.42 Å². The number of aromatic nitrogens is 2. The molecule has 0 aromatic carbocycles. The van der Waals surface area contributed by atoms with Crippen molar-refractivity contribution in [1.82, 2.24) is 9.97 Å². The monoisotopic (exact) mass is 163 g/mol. The molecule has 0 aliphatic carbocycles. The summed E-state index contributed by atoms with van der Waals surface area (Å²) in [5.74, 6) is 0.863. The van der Waals surface area contributed by atoms with E-state index in [0.717, 1.165) is 24.5 Å². The molecule has 0 fully saturated rings. The summed E-state index contributed by atoms with van der Waals surface area (Å²) in [4.78, 5) is 8.14. The molecule has 0 spiro atoms. The highest BCUT2D eigenvalue weighted by Crippen LogP contribution is 2.03. The maximum absolute atomic E-state index is 4.09. The van der Waals surface area contributed by atoms with Crippen LogP contribution < -0.4 is 5.32 Å². The van der Waals surface area contributed by atoms with Crippen molar-refractivity contribution in [2.75, 3.05) is 11.9 Å². The molecule has 1 heterocycles. The van der Waals surface area contributed by atoms with Crippen molar-refractivity contribution in [2.45, 2.75) is 13.3 Å². The van der Waals surface area contributed by atoms with Crippen LogP contribution in [0.15, 0.2) is 25.0 Å². The summed E-state index contributed by atoms with van der Waals surface area (Å²) in [6.45, 7) is 6.42. The Morgan fingerprint density at radius 2 is 2.42 bits per heavy atom. The van der Waals surface area contributed by atoms with E-state index in [4.69, 9.17) is 0 Å². The average molecular weight is 163 g/mol. The van der Waals surface area contributed by atoms with Gasteiger partial charge in [0.15, 0.2) is 0 Å². The predicted octanol–water partition coefficient (Wildman–Crippen LogP) is 1.64. The smallest absolute Gasteiger partial charge is 0.129 e. The summed E-state index contributed by atoms with van der Waals surface area (Å²) in [6.07, 6.45) is 4.31. The highest BCUT2D eigenvalue weighted by atomic mass is 15.0. The normalized spacial score (nSPS) is 9.42. The van der Waals surface area contributed by atoms with E-state index in [-0.39, 0.29) is 0 Å². The SMILES string of the molecule is C=CCNc1cc(CC)ncn1. The summed E-state index contributed by atoms with van der Waals surface area (Å²) in [6, 6.07) is 1.95. The van der Waals surface area contributed by atoms with Gasteiger partial charge < -0.3 is 5.32 Å². The molecule has 3 nitrogen and oxygen atoms in total. The Labute approximate surface area is 72.6 Å². The molecule has 1 aromatic rings. The van der Waals surface area contributed by atoms with Gasteiger partial charge in [-0.15, -0.1) is 6.58 Å². The Morgan fingerprint density at radius 1 is 1.58 bits per heavy atom. The summed E-state index contributed by atoms with van der Waals surface area (Å²) in [7, 11) is 0. The third-order valence-electron chi connectivity index (χ3n) is 1.51. The molecule has 1 aromatic heterocycles. The number of hydrogen-bond acceptors (Lipinski definition) is 3. The second-order valence-corrected chi connectivity index (χ2v) is 2.42. The molecule has 0 atom stereocenters. The predicted molar refractivity (Wildman–Crippen MR) is 50.1 cm³/mol. The van der Waals surface area contributed by atoms with Crippen LogP contribution in [0.1, 0.15) is 12.6 Å². The number of anilines is 1. The van der Waals surface area contributed by atoms with Crippen molar-refractivity contribution >= 4 is 5.82 Å². The van der Waals surface area contributed by atoms with E-state index in [1.54, 1.807) is 12.4 Å². The minimum atomic E-state index is 0.736. The van der Waals surface area contributed by atoms with Crippen molar-refractivity contribution in [3.63, 3.8) is 0 Å². The number of nitrogens with zero attached hydrogens (tertiary/aromatic N) is 2. The van der Waals surface area contributed by atoms with E-state index in [9.17, 15) is 0 Å². The van der Waals surface area contributed by atoms with E-state index in [1.807, 2.05) is 6.07 Å². The minimum absolute atomic E-state index is 0.736. The molecule has 12 heavy (non-hydrogen) atoms. The van der Waals surface area contributed by atoms with Gasteiger partial charge in [-0.3, -0.25) is 0 Å². The van der Waals surface area contributed by atoms with Crippen molar-refractivity contribution in [1.29, 1.82) is 0 Å². The molecule has 0 amide bonds. The Balaban J connectivity index is 2.65. The van der Waals surface area contributed by atoms with Crippen LogP contribution in [0.3, 0.4) is 0 Å². The molecule has 0 aliphatic heterocycles. The third-order valence-corrected chi connectivity index (χ3v) is 1.51. The van der Waals surface area contributed by atoms with Gasteiger partial charge in [-0.1, -0.05) is 13.0 Å². The molecule has 1 N–H and O–H groups in total. The second-order valence-electron chi connectivity index (χ2n) is 2.42. The first-order valence-corrected chi connectivity index (χ1v) is 4.02. The second kappa shape index (κ2) is 4.49. The van der Waals surface area contributed by atoms with Crippen molar-refractivity contribution < 1.29 is 0 Å². The highest BCUT2D eigenvalue weighted by Gasteiger charge is 1.93. The topological polar surface area (TPSA) is 37.8 Å². The lowest BCUT2D eigenvalue weighted by Gasteiger charge is -2.02. The van der Waals surface area contributed by atoms with Crippen LogP contribution in [-0.4, -0.2) is 16.5 Å². The highest BCUT2D eigenvalue weighted by molar-refractivity contribution is 5.35. The van der Waals surface area contributed by atoms with Crippen molar-refractivity contribution in [2.24, 2.45) is 0 Å². The van der Waals surface area contributed by atoms with Gasteiger partial charge in [0.1, 0.15) is 12.1 Å². The molecule has 0 unspecified atom stereocenters. The number of hydrogen-bond donors (Lipinski definition) is 1. The lowest BCUT2D eigenvalue weighted by Crippen LogP contribution is -2.01. The van der Waals surface area contributed by atoms with Gasteiger partial charge in [-0.25, -0.2) is 9.97 Å². The van der Waals surface area contributed by atoms with Crippen LogP contribution in [0.2, 0.25) is 0 Å². The zero-order chi connectivity index (χ0) is 8.81. The van der Waals surface area contributed by atoms with E-state index >= 15 is 0 Å². The molecule has 0 saturated heterocycles. The number of aryl methyl sites for hydroxylation is 1. The van der Waals surface area contributed by atoms with Gasteiger partial charge in [0.25, 0.3) is 0 Å². The first kappa shape index (κ1) is 8.71.